The molecule has 1 saturated heterocycles. The van der Waals surface area contributed by atoms with Crippen LogP contribution in [-0.4, -0.2) is 22.4 Å². The van der Waals surface area contributed by atoms with Crippen molar-refractivity contribution in [3.63, 3.8) is 0 Å². The lowest BCUT2D eigenvalue weighted by Gasteiger charge is -2.32. The Balaban J connectivity index is 2.40. The van der Waals surface area contributed by atoms with E-state index in [1.807, 2.05) is 6.92 Å². The normalized spacial score (nSPS) is 25.9. The summed E-state index contributed by atoms with van der Waals surface area (Å²) in [4.78, 5) is 15.0. The van der Waals surface area contributed by atoms with E-state index in [4.69, 9.17) is 0 Å². The largest absolute Gasteiger partial charge is 0.318 e. The van der Waals surface area contributed by atoms with E-state index in [2.05, 4.69) is 62.2 Å². The standard InChI is InChI=1S/C18H28N2O/c1-6-15(7-2)20-16(14-11-9-13(4)10-12-14)19-18(5,8-3)17(20)21/h9-12,15-16,19H,6-8H2,1-5H3. The Hall–Kier alpha value is -1.35. The number of rotatable bonds is 5. The van der Waals surface area contributed by atoms with Crippen LogP contribution in [0.5, 0.6) is 0 Å². The van der Waals surface area contributed by atoms with Gasteiger partial charge in [0.25, 0.3) is 0 Å². The molecule has 1 aliphatic heterocycles. The van der Waals surface area contributed by atoms with Crippen LogP contribution in [0.3, 0.4) is 0 Å². The average Bonchev–Trinajstić information content (AvgIpc) is 2.75. The molecule has 2 unspecified atom stereocenters. The van der Waals surface area contributed by atoms with Gasteiger partial charge in [-0.1, -0.05) is 50.6 Å². The summed E-state index contributed by atoms with van der Waals surface area (Å²) in [6, 6.07) is 8.81. The molecule has 0 bridgehead atoms. The highest BCUT2D eigenvalue weighted by molar-refractivity contribution is 5.88. The lowest BCUT2D eigenvalue weighted by atomic mass is 9.98. The highest BCUT2D eigenvalue weighted by Crippen LogP contribution is 2.35. The molecule has 21 heavy (non-hydrogen) atoms. The van der Waals surface area contributed by atoms with E-state index in [1.54, 1.807) is 0 Å². The number of carbonyl (C=O) groups is 1. The molecule has 1 fully saturated rings. The Morgan fingerprint density at radius 2 is 1.76 bits per heavy atom. The summed E-state index contributed by atoms with van der Waals surface area (Å²) in [5.74, 6) is 0.240. The number of aryl methyl sites for hydroxylation is 1. The van der Waals surface area contributed by atoms with Gasteiger partial charge in [0.1, 0.15) is 6.17 Å². The predicted molar refractivity (Wildman–Crippen MR) is 87.0 cm³/mol. The van der Waals surface area contributed by atoms with Crippen LogP contribution in [0.2, 0.25) is 0 Å². The molecule has 1 N–H and O–H groups in total. The molecule has 0 saturated carbocycles. The van der Waals surface area contributed by atoms with E-state index in [0.717, 1.165) is 19.3 Å². The van der Waals surface area contributed by atoms with Gasteiger partial charge in [0.2, 0.25) is 5.91 Å². The molecular weight excluding hydrogens is 260 g/mol. The number of amides is 1. The van der Waals surface area contributed by atoms with E-state index >= 15 is 0 Å². The SMILES string of the molecule is CCC(CC)N1C(=O)C(C)(CC)NC1c1ccc(C)cc1. The van der Waals surface area contributed by atoms with Gasteiger partial charge in [0, 0.05) is 6.04 Å². The minimum atomic E-state index is -0.446. The van der Waals surface area contributed by atoms with Gasteiger partial charge in [-0.05, 0) is 38.7 Å². The van der Waals surface area contributed by atoms with Crippen molar-refractivity contribution < 1.29 is 4.79 Å². The molecular formula is C18H28N2O. The van der Waals surface area contributed by atoms with E-state index < -0.39 is 5.54 Å². The van der Waals surface area contributed by atoms with Gasteiger partial charge in [0.05, 0.1) is 5.54 Å². The van der Waals surface area contributed by atoms with Crippen molar-refractivity contribution in [1.29, 1.82) is 0 Å². The third kappa shape index (κ3) is 2.84. The van der Waals surface area contributed by atoms with Crippen molar-refractivity contribution >= 4 is 5.91 Å². The van der Waals surface area contributed by atoms with Crippen molar-refractivity contribution in [2.75, 3.05) is 0 Å². The molecule has 0 aliphatic carbocycles. The first-order valence-corrected chi connectivity index (χ1v) is 8.13. The first-order chi connectivity index (χ1) is 9.96. The van der Waals surface area contributed by atoms with Crippen LogP contribution in [0.4, 0.5) is 0 Å². The Morgan fingerprint density at radius 1 is 1.19 bits per heavy atom. The van der Waals surface area contributed by atoms with Crippen LogP contribution < -0.4 is 5.32 Å². The van der Waals surface area contributed by atoms with Gasteiger partial charge in [-0.2, -0.15) is 0 Å². The fourth-order valence-corrected chi connectivity index (χ4v) is 3.14. The molecule has 3 heteroatoms. The molecule has 3 nitrogen and oxygen atoms in total. The van der Waals surface area contributed by atoms with Gasteiger partial charge < -0.3 is 4.90 Å². The van der Waals surface area contributed by atoms with Crippen molar-refractivity contribution in [2.45, 2.75) is 71.6 Å². The quantitative estimate of drug-likeness (QED) is 0.894. The van der Waals surface area contributed by atoms with Crippen LogP contribution in [0, 0.1) is 6.92 Å². The zero-order chi connectivity index (χ0) is 15.6. The molecule has 2 atom stereocenters. The Kier molecular flexibility index (Phi) is 4.72. The van der Waals surface area contributed by atoms with Crippen LogP contribution in [0.15, 0.2) is 24.3 Å². The second kappa shape index (κ2) is 6.18. The number of nitrogens with zero attached hydrogens (tertiary/aromatic N) is 1. The predicted octanol–water partition coefficient (Wildman–Crippen LogP) is 3.78. The highest BCUT2D eigenvalue weighted by Gasteiger charge is 2.48. The summed E-state index contributed by atoms with van der Waals surface area (Å²) >= 11 is 0. The number of carbonyl (C=O) groups excluding carboxylic acids is 1. The van der Waals surface area contributed by atoms with Gasteiger partial charge in [0.15, 0.2) is 0 Å². The highest BCUT2D eigenvalue weighted by atomic mass is 16.2. The van der Waals surface area contributed by atoms with Crippen LogP contribution >= 0.6 is 0 Å². The zero-order valence-corrected chi connectivity index (χ0v) is 13.9. The molecule has 1 aromatic rings. The summed E-state index contributed by atoms with van der Waals surface area (Å²) in [6.07, 6.45) is 2.79. The van der Waals surface area contributed by atoms with Crippen molar-refractivity contribution in [1.82, 2.24) is 10.2 Å². The third-order valence-electron chi connectivity index (χ3n) is 4.88. The molecule has 0 spiro atoms. The Labute approximate surface area is 128 Å². The first kappa shape index (κ1) is 16.0. The second-order valence-electron chi connectivity index (χ2n) is 6.33. The lowest BCUT2D eigenvalue weighted by molar-refractivity contribution is -0.135. The maximum absolute atomic E-state index is 12.9. The molecule has 116 valence electrons. The number of hydrogen-bond acceptors (Lipinski definition) is 2. The average molecular weight is 288 g/mol. The fourth-order valence-electron chi connectivity index (χ4n) is 3.14. The number of benzene rings is 1. The summed E-state index contributed by atoms with van der Waals surface area (Å²) in [7, 11) is 0. The summed E-state index contributed by atoms with van der Waals surface area (Å²) in [5.41, 5.74) is 1.98. The molecule has 1 aromatic carbocycles. The molecule has 2 rings (SSSR count). The number of nitrogens with one attached hydrogen (secondary N) is 1. The topological polar surface area (TPSA) is 32.3 Å². The maximum Gasteiger partial charge on any atom is 0.244 e. The van der Waals surface area contributed by atoms with E-state index in [-0.39, 0.29) is 12.1 Å². The monoisotopic (exact) mass is 288 g/mol. The zero-order valence-electron chi connectivity index (χ0n) is 13.9. The van der Waals surface area contributed by atoms with Crippen molar-refractivity contribution in [3.05, 3.63) is 35.4 Å². The van der Waals surface area contributed by atoms with Crippen molar-refractivity contribution in [2.24, 2.45) is 0 Å². The minimum absolute atomic E-state index is 0.00653. The summed E-state index contributed by atoms with van der Waals surface area (Å²) in [6.45, 7) is 10.5. The Morgan fingerprint density at radius 3 is 2.24 bits per heavy atom. The van der Waals surface area contributed by atoms with Crippen LogP contribution in [0.1, 0.15) is 64.3 Å². The maximum atomic E-state index is 12.9. The third-order valence-corrected chi connectivity index (χ3v) is 4.88. The fraction of sp³-hybridized carbons (Fsp3) is 0.611. The Bertz CT molecular complexity index is 492. The smallest absolute Gasteiger partial charge is 0.244 e. The van der Waals surface area contributed by atoms with Gasteiger partial charge >= 0.3 is 0 Å². The van der Waals surface area contributed by atoms with Crippen LogP contribution in [-0.2, 0) is 4.79 Å². The molecule has 0 aromatic heterocycles. The van der Waals surface area contributed by atoms with Crippen molar-refractivity contribution in [3.8, 4) is 0 Å². The molecule has 1 aliphatic rings. The van der Waals surface area contributed by atoms with Gasteiger partial charge in [-0.25, -0.2) is 0 Å². The van der Waals surface area contributed by atoms with Gasteiger partial charge in [-0.15, -0.1) is 0 Å². The molecule has 1 amide bonds. The van der Waals surface area contributed by atoms with E-state index in [1.165, 1.54) is 11.1 Å². The molecule has 0 radical (unpaired) electrons. The van der Waals surface area contributed by atoms with Crippen LogP contribution in [0.25, 0.3) is 0 Å². The second-order valence-corrected chi connectivity index (χ2v) is 6.33. The lowest BCUT2D eigenvalue weighted by Crippen LogP contribution is -2.44. The molecule has 1 heterocycles. The van der Waals surface area contributed by atoms with Gasteiger partial charge in [-0.3, -0.25) is 10.1 Å². The van der Waals surface area contributed by atoms with E-state index in [0.29, 0.717) is 6.04 Å². The number of hydrogen-bond donors (Lipinski definition) is 1. The first-order valence-electron chi connectivity index (χ1n) is 8.13. The van der Waals surface area contributed by atoms with E-state index in [9.17, 15) is 4.79 Å². The summed E-state index contributed by atoms with van der Waals surface area (Å²) in [5, 5.41) is 3.58. The summed E-state index contributed by atoms with van der Waals surface area (Å²) < 4.78 is 0. The minimum Gasteiger partial charge on any atom is -0.318 e.